The number of aliphatic hydroxyl groups excluding tert-OH is 1. The molecule has 2 aromatic rings. The number of aliphatic hydroxyl groups is 1. The first kappa shape index (κ1) is 44.1. The summed E-state index contributed by atoms with van der Waals surface area (Å²) in [5.74, 6) is -3.86. The van der Waals surface area contributed by atoms with Crippen molar-refractivity contribution in [1.82, 2.24) is 10.2 Å². The minimum Gasteiger partial charge on any atom is -0.455 e. The first-order chi connectivity index (χ1) is 27.4. The number of esters is 1. The summed E-state index contributed by atoms with van der Waals surface area (Å²) >= 11 is 3.77. The second-order valence-electron chi connectivity index (χ2n) is 15.5. The summed E-state index contributed by atoms with van der Waals surface area (Å²) in [6, 6.07) is 14.2. The molecular formula is C44H59BrN4O8. The van der Waals surface area contributed by atoms with Crippen LogP contribution in [0.4, 0.5) is 11.4 Å². The summed E-state index contributed by atoms with van der Waals surface area (Å²) in [4.78, 5) is 63.0. The molecule has 12 nitrogen and oxygen atoms in total. The minimum atomic E-state index is -1.41. The van der Waals surface area contributed by atoms with Crippen LogP contribution in [0.3, 0.4) is 0 Å². The molecule has 0 radical (unpaired) electrons. The Bertz CT molecular complexity index is 1720. The van der Waals surface area contributed by atoms with Crippen molar-refractivity contribution in [3.05, 3.63) is 85.5 Å². The van der Waals surface area contributed by atoms with Crippen LogP contribution in [0.25, 0.3) is 0 Å². The zero-order valence-corrected chi connectivity index (χ0v) is 35.4. The number of alkyl halides is 1. The number of fused-ring (bicyclic) bond motifs is 1. The maximum absolute atomic E-state index is 15.3. The molecule has 0 saturated carbocycles. The largest absolute Gasteiger partial charge is 0.455 e. The van der Waals surface area contributed by atoms with Crippen molar-refractivity contribution in [3.63, 3.8) is 0 Å². The minimum absolute atomic E-state index is 0.0391. The van der Waals surface area contributed by atoms with Gasteiger partial charge in [0.05, 0.1) is 43.2 Å². The fraction of sp³-hybridized carbons (Fsp3) is 0.545. The topological polar surface area (TPSA) is 138 Å². The van der Waals surface area contributed by atoms with Crippen LogP contribution in [0, 0.1) is 17.8 Å². The van der Waals surface area contributed by atoms with Gasteiger partial charge < -0.3 is 39.3 Å². The van der Waals surface area contributed by atoms with E-state index in [9.17, 15) is 14.7 Å². The quantitative estimate of drug-likeness (QED) is 0.0937. The molecule has 3 amide bonds. The standard InChI is InChI=1S/C44H59BrN4O8/c1-8-12-18-35(51)46-34(27-55-7)38(29-16-14-13-15-17-29)56-43(54)36-37-41(52)49(32(26-50)24-28(5)6)40(44(37)25-33(45)39(36)57-44)42(53)48(23-9-2)31-21-19-30(20-22-31)47(10-3)11-4/h8-9,13-17,19-22,28,32-34,36-40,50H,1-2,10-12,18,23-27H2,3-7H3,(H,46,51)/t32-,33?,34+,36-,37+,38+,39-,40-,44+/m1/s1. The molecule has 57 heavy (non-hydrogen) atoms. The second kappa shape index (κ2) is 19.6. The average Bonchev–Trinajstić information content (AvgIpc) is 3.81. The van der Waals surface area contributed by atoms with Gasteiger partial charge in [-0.1, -0.05) is 72.3 Å². The van der Waals surface area contributed by atoms with E-state index in [1.165, 1.54) is 12.0 Å². The molecule has 3 aliphatic rings. The highest BCUT2D eigenvalue weighted by Gasteiger charge is 2.77. The van der Waals surface area contributed by atoms with Gasteiger partial charge in [0.1, 0.15) is 17.7 Å². The van der Waals surface area contributed by atoms with Crippen LogP contribution in [-0.2, 0) is 33.4 Å². The van der Waals surface area contributed by atoms with Crippen LogP contribution in [0.5, 0.6) is 0 Å². The lowest BCUT2D eigenvalue weighted by molar-refractivity contribution is -0.163. The number of amides is 3. The van der Waals surface area contributed by atoms with Crippen molar-refractivity contribution < 1.29 is 38.5 Å². The van der Waals surface area contributed by atoms with Gasteiger partial charge in [0.2, 0.25) is 11.8 Å². The molecule has 3 saturated heterocycles. The van der Waals surface area contributed by atoms with Crippen molar-refractivity contribution in [2.45, 2.75) is 94.1 Å². The van der Waals surface area contributed by atoms with Gasteiger partial charge in [-0.2, -0.15) is 0 Å². The number of rotatable bonds is 21. The first-order valence-corrected chi connectivity index (χ1v) is 21.0. The Kier molecular flexibility index (Phi) is 15.2. The number of methoxy groups -OCH3 is 1. The number of carbonyl (C=O) groups is 4. The highest BCUT2D eigenvalue weighted by Crippen LogP contribution is 2.61. The van der Waals surface area contributed by atoms with E-state index in [-0.39, 0.29) is 50.3 Å². The third kappa shape index (κ3) is 9.01. The summed E-state index contributed by atoms with van der Waals surface area (Å²) in [7, 11) is 1.50. The van der Waals surface area contributed by atoms with Gasteiger partial charge in [-0.3, -0.25) is 19.2 Å². The number of hydrogen-bond donors (Lipinski definition) is 2. The van der Waals surface area contributed by atoms with E-state index in [1.54, 1.807) is 29.2 Å². The Morgan fingerprint density at radius 1 is 1.07 bits per heavy atom. The zero-order chi connectivity index (χ0) is 41.4. The molecule has 9 atom stereocenters. The van der Waals surface area contributed by atoms with E-state index in [0.717, 1.165) is 18.8 Å². The Morgan fingerprint density at radius 2 is 1.74 bits per heavy atom. The van der Waals surface area contributed by atoms with Crippen molar-refractivity contribution >= 4 is 51.0 Å². The molecular weight excluding hydrogens is 792 g/mol. The Balaban J connectivity index is 1.56. The number of likely N-dealkylation sites (tertiary alicyclic amines) is 1. The Labute approximate surface area is 345 Å². The molecule has 2 aromatic carbocycles. The van der Waals surface area contributed by atoms with Crippen LogP contribution < -0.4 is 15.1 Å². The summed E-state index contributed by atoms with van der Waals surface area (Å²) in [5, 5.41) is 13.8. The maximum atomic E-state index is 15.3. The molecule has 1 spiro atoms. The van der Waals surface area contributed by atoms with Gasteiger partial charge in [-0.05, 0) is 68.9 Å². The predicted octanol–water partition coefficient (Wildman–Crippen LogP) is 5.59. The maximum Gasteiger partial charge on any atom is 0.313 e. The fourth-order valence-electron chi connectivity index (χ4n) is 8.99. The number of ether oxygens (including phenoxy) is 3. The molecule has 310 valence electrons. The van der Waals surface area contributed by atoms with E-state index in [2.05, 4.69) is 53.2 Å². The smallest absolute Gasteiger partial charge is 0.313 e. The molecule has 0 aliphatic carbocycles. The lowest BCUT2D eigenvalue weighted by Crippen LogP contribution is -2.59. The lowest BCUT2D eigenvalue weighted by atomic mass is 9.70. The summed E-state index contributed by atoms with van der Waals surface area (Å²) in [6.45, 7) is 17.3. The highest BCUT2D eigenvalue weighted by atomic mass is 79.9. The van der Waals surface area contributed by atoms with Crippen LogP contribution in [0.15, 0.2) is 79.9 Å². The first-order valence-electron chi connectivity index (χ1n) is 20.1. The summed E-state index contributed by atoms with van der Waals surface area (Å²) < 4.78 is 18.7. The molecule has 2 N–H and O–H groups in total. The number of hydrogen-bond acceptors (Lipinski definition) is 9. The predicted molar refractivity (Wildman–Crippen MR) is 224 cm³/mol. The Hall–Kier alpha value is -4.04. The molecule has 3 fully saturated rings. The summed E-state index contributed by atoms with van der Waals surface area (Å²) in [6.07, 6.45) is 2.89. The van der Waals surface area contributed by atoms with E-state index < -0.39 is 64.5 Å². The molecule has 2 bridgehead atoms. The summed E-state index contributed by atoms with van der Waals surface area (Å²) in [5.41, 5.74) is 0.858. The molecule has 5 rings (SSSR count). The monoisotopic (exact) mass is 850 g/mol. The number of benzene rings is 2. The number of carbonyl (C=O) groups excluding carboxylic acids is 4. The van der Waals surface area contributed by atoms with Gasteiger partial charge in [0, 0.05) is 49.4 Å². The van der Waals surface area contributed by atoms with Crippen LogP contribution >= 0.6 is 15.9 Å². The van der Waals surface area contributed by atoms with Gasteiger partial charge in [-0.15, -0.1) is 13.2 Å². The van der Waals surface area contributed by atoms with E-state index in [1.807, 2.05) is 56.3 Å². The molecule has 1 unspecified atom stereocenters. The second-order valence-corrected chi connectivity index (χ2v) is 16.7. The molecule has 3 aliphatic heterocycles. The number of nitrogens with zero attached hydrogens (tertiary/aromatic N) is 3. The zero-order valence-electron chi connectivity index (χ0n) is 33.8. The normalized spacial score (nSPS) is 25.1. The fourth-order valence-corrected chi connectivity index (χ4v) is 9.93. The number of anilines is 2. The van der Waals surface area contributed by atoms with Crippen molar-refractivity contribution in [3.8, 4) is 0 Å². The third-order valence-electron chi connectivity index (χ3n) is 11.5. The van der Waals surface area contributed by atoms with Crippen molar-refractivity contribution in [1.29, 1.82) is 0 Å². The van der Waals surface area contributed by atoms with Gasteiger partial charge in [0.15, 0.2) is 0 Å². The highest BCUT2D eigenvalue weighted by molar-refractivity contribution is 9.09. The van der Waals surface area contributed by atoms with E-state index >= 15 is 9.59 Å². The third-order valence-corrected chi connectivity index (χ3v) is 12.3. The van der Waals surface area contributed by atoms with Gasteiger partial charge in [-0.25, -0.2) is 0 Å². The van der Waals surface area contributed by atoms with E-state index in [0.29, 0.717) is 24.1 Å². The number of halogens is 1. The average molecular weight is 852 g/mol. The number of allylic oxidation sites excluding steroid dienone is 1. The molecule has 3 heterocycles. The van der Waals surface area contributed by atoms with Crippen LogP contribution in [0.2, 0.25) is 0 Å². The number of nitrogens with one attached hydrogen (secondary N) is 1. The lowest BCUT2D eigenvalue weighted by Gasteiger charge is -2.40. The van der Waals surface area contributed by atoms with Gasteiger partial charge >= 0.3 is 5.97 Å². The Morgan fingerprint density at radius 3 is 2.32 bits per heavy atom. The molecule has 13 heteroatoms. The van der Waals surface area contributed by atoms with Crippen LogP contribution in [-0.4, -0.2) is 108 Å². The van der Waals surface area contributed by atoms with E-state index in [4.69, 9.17) is 14.2 Å². The SMILES string of the molecule is C=CCCC(=O)N[C@@H](COC)[C@@H](OC(=O)[C@H]1[C@@H]2O[C@@]3(CC2Br)[C@@H]1C(=O)N([C@@H](CO)CC(C)C)[C@@H]3C(=O)N(CC=C)c1ccc(N(CC)CC)cc1)c1ccccc1. The van der Waals surface area contributed by atoms with Crippen molar-refractivity contribution in [2.24, 2.45) is 17.8 Å². The van der Waals surface area contributed by atoms with Crippen molar-refractivity contribution in [2.75, 3.05) is 49.8 Å². The van der Waals surface area contributed by atoms with Gasteiger partial charge in [0.25, 0.3) is 5.91 Å². The molecule has 0 aromatic heterocycles. The van der Waals surface area contributed by atoms with Crippen LogP contribution in [0.1, 0.15) is 65.0 Å².